The van der Waals surface area contributed by atoms with E-state index in [4.69, 9.17) is 0 Å². The van der Waals surface area contributed by atoms with Crippen molar-refractivity contribution >= 4 is 12.2 Å². The zero-order valence-corrected chi connectivity index (χ0v) is 8.02. The van der Waals surface area contributed by atoms with Gasteiger partial charge in [-0.15, -0.1) is 0 Å². The molecule has 4 nitrogen and oxygen atoms in total. The van der Waals surface area contributed by atoms with Crippen molar-refractivity contribution in [3.63, 3.8) is 0 Å². The van der Waals surface area contributed by atoms with Crippen LogP contribution in [-0.4, -0.2) is 17.8 Å². The highest BCUT2D eigenvalue weighted by atomic mass is 16.1. The number of nitrogens with zero attached hydrogens (tertiary/aromatic N) is 2. The third-order valence-corrected chi connectivity index (χ3v) is 2.47. The van der Waals surface area contributed by atoms with Gasteiger partial charge in [0.15, 0.2) is 5.66 Å². The smallest absolute Gasteiger partial charge is 0.211 e. The SMILES string of the molecule is CC1=CC=CC(N=C=O)(N=C=O)C1C. The molecule has 0 N–H and O–H groups in total. The summed E-state index contributed by atoms with van der Waals surface area (Å²) in [6.07, 6.45) is 8.09. The summed E-state index contributed by atoms with van der Waals surface area (Å²) in [5, 5.41) is 0. The van der Waals surface area contributed by atoms with Gasteiger partial charge in [-0.2, -0.15) is 9.98 Å². The largest absolute Gasteiger partial charge is 0.237 e. The topological polar surface area (TPSA) is 58.9 Å². The van der Waals surface area contributed by atoms with Crippen LogP contribution >= 0.6 is 0 Å². The molecule has 1 aliphatic carbocycles. The molecule has 0 aromatic rings. The second-order valence-electron chi connectivity index (χ2n) is 3.18. The normalized spacial score (nSPS) is 29.9. The van der Waals surface area contributed by atoms with E-state index in [-0.39, 0.29) is 5.92 Å². The van der Waals surface area contributed by atoms with Gasteiger partial charge in [-0.05, 0) is 13.0 Å². The fourth-order valence-electron chi connectivity index (χ4n) is 1.40. The van der Waals surface area contributed by atoms with Crippen LogP contribution in [0, 0.1) is 5.92 Å². The minimum absolute atomic E-state index is 0.129. The van der Waals surface area contributed by atoms with E-state index in [0.29, 0.717) is 0 Å². The molecule has 0 amide bonds. The van der Waals surface area contributed by atoms with Gasteiger partial charge in [-0.1, -0.05) is 24.6 Å². The lowest BCUT2D eigenvalue weighted by atomic mass is 9.85. The van der Waals surface area contributed by atoms with Crippen LogP contribution in [0.1, 0.15) is 13.8 Å². The molecule has 0 bridgehead atoms. The number of allylic oxidation sites excluding steroid dienone is 2. The summed E-state index contributed by atoms with van der Waals surface area (Å²) in [6, 6.07) is 0. The zero-order valence-electron chi connectivity index (χ0n) is 8.02. The Labute approximate surface area is 81.8 Å². The van der Waals surface area contributed by atoms with Gasteiger partial charge in [0.1, 0.15) is 0 Å². The summed E-state index contributed by atoms with van der Waals surface area (Å²) in [5.41, 5.74) is -0.131. The van der Waals surface area contributed by atoms with Crippen LogP contribution in [0.3, 0.4) is 0 Å². The molecule has 1 atom stereocenters. The number of carbonyl (C=O) groups excluding carboxylic acids is 2. The summed E-state index contributed by atoms with van der Waals surface area (Å²) >= 11 is 0. The summed E-state index contributed by atoms with van der Waals surface area (Å²) < 4.78 is 0. The lowest BCUT2D eigenvalue weighted by molar-refractivity contribution is 0.410. The molecule has 4 heteroatoms. The molecular weight excluding hydrogens is 180 g/mol. The molecule has 1 rings (SSSR count). The fraction of sp³-hybridized carbons (Fsp3) is 0.400. The van der Waals surface area contributed by atoms with Crippen LogP contribution in [0.5, 0.6) is 0 Å². The van der Waals surface area contributed by atoms with E-state index >= 15 is 0 Å². The van der Waals surface area contributed by atoms with E-state index < -0.39 is 5.66 Å². The number of hydrogen-bond acceptors (Lipinski definition) is 4. The van der Waals surface area contributed by atoms with Crippen molar-refractivity contribution in [1.29, 1.82) is 0 Å². The quantitative estimate of drug-likeness (QED) is 0.489. The Balaban J connectivity index is 3.24. The van der Waals surface area contributed by atoms with Gasteiger partial charge in [0.2, 0.25) is 12.2 Å². The predicted molar refractivity (Wildman–Crippen MR) is 51.0 cm³/mol. The van der Waals surface area contributed by atoms with Crippen LogP contribution in [0.4, 0.5) is 0 Å². The fourth-order valence-corrected chi connectivity index (χ4v) is 1.40. The second kappa shape index (κ2) is 3.97. The van der Waals surface area contributed by atoms with E-state index in [0.717, 1.165) is 5.57 Å². The van der Waals surface area contributed by atoms with E-state index in [2.05, 4.69) is 9.98 Å². The average Bonchev–Trinajstić information content (AvgIpc) is 2.15. The van der Waals surface area contributed by atoms with Gasteiger partial charge < -0.3 is 0 Å². The highest BCUT2D eigenvalue weighted by molar-refractivity contribution is 5.44. The highest BCUT2D eigenvalue weighted by Gasteiger charge is 2.35. The van der Waals surface area contributed by atoms with Crippen molar-refractivity contribution in [3.8, 4) is 0 Å². The molecule has 72 valence electrons. The van der Waals surface area contributed by atoms with Crippen LogP contribution < -0.4 is 0 Å². The van der Waals surface area contributed by atoms with E-state index in [1.54, 1.807) is 12.2 Å². The van der Waals surface area contributed by atoms with Crippen LogP contribution in [0.2, 0.25) is 0 Å². The van der Waals surface area contributed by atoms with Crippen molar-refractivity contribution < 1.29 is 9.59 Å². The van der Waals surface area contributed by atoms with Crippen LogP contribution in [0.25, 0.3) is 0 Å². The molecule has 1 unspecified atom stereocenters. The van der Waals surface area contributed by atoms with Crippen molar-refractivity contribution in [2.75, 3.05) is 0 Å². The van der Waals surface area contributed by atoms with Crippen molar-refractivity contribution in [3.05, 3.63) is 23.8 Å². The molecular formula is C10H10N2O2. The highest BCUT2D eigenvalue weighted by Crippen LogP contribution is 2.33. The molecule has 0 saturated carbocycles. The van der Waals surface area contributed by atoms with E-state index in [1.165, 1.54) is 12.2 Å². The van der Waals surface area contributed by atoms with E-state index in [1.807, 2.05) is 19.9 Å². The molecule has 0 heterocycles. The molecule has 14 heavy (non-hydrogen) atoms. The monoisotopic (exact) mass is 190 g/mol. The molecule has 0 fully saturated rings. The Morgan fingerprint density at radius 1 is 1.36 bits per heavy atom. The van der Waals surface area contributed by atoms with Crippen molar-refractivity contribution in [2.45, 2.75) is 19.5 Å². The Morgan fingerprint density at radius 3 is 2.43 bits per heavy atom. The summed E-state index contributed by atoms with van der Waals surface area (Å²) in [6.45, 7) is 3.74. The lowest BCUT2D eigenvalue weighted by Gasteiger charge is -2.28. The standard InChI is InChI=1S/C10H10N2O2/c1-8-4-3-5-10(9(8)2,11-6-13)12-7-14/h3-5,9H,1-2H3. The maximum atomic E-state index is 10.3. The maximum absolute atomic E-state index is 10.3. The first-order valence-corrected chi connectivity index (χ1v) is 4.20. The lowest BCUT2D eigenvalue weighted by Crippen LogP contribution is -2.32. The second-order valence-corrected chi connectivity index (χ2v) is 3.18. The summed E-state index contributed by atoms with van der Waals surface area (Å²) in [4.78, 5) is 27.7. The third kappa shape index (κ3) is 1.62. The van der Waals surface area contributed by atoms with Gasteiger partial charge in [0, 0.05) is 5.92 Å². The van der Waals surface area contributed by atoms with Crippen molar-refractivity contribution in [1.82, 2.24) is 0 Å². The Bertz CT molecular complexity index is 365. The first-order valence-electron chi connectivity index (χ1n) is 4.20. The number of rotatable bonds is 2. The van der Waals surface area contributed by atoms with Gasteiger partial charge in [0.25, 0.3) is 0 Å². The van der Waals surface area contributed by atoms with Gasteiger partial charge >= 0.3 is 0 Å². The molecule has 0 aromatic carbocycles. The van der Waals surface area contributed by atoms with E-state index in [9.17, 15) is 9.59 Å². The molecule has 0 radical (unpaired) electrons. The van der Waals surface area contributed by atoms with Gasteiger partial charge in [-0.25, -0.2) is 9.59 Å². The van der Waals surface area contributed by atoms with Crippen LogP contribution in [0.15, 0.2) is 33.8 Å². The number of isocyanates is 2. The average molecular weight is 190 g/mol. The zero-order chi connectivity index (χ0) is 10.6. The Kier molecular flexibility index (Phi) is 2.92. The molecule has 1 aliphatic rings. The first kappa shape index (κ1) is 10.3. The third-order valence-electron chi connectivity index (χ3n) is 2.47. The number of aliphatic imine (C=N–C) groups is 2. The Hall–Kier alpha value is -1.76. The predicted octanol–water partition coefficient (Wildman–Crippen LogP) is 1.51. The molecule has 0 aromatic heterocycles. The molecule has 0 spiro atoms. The number of hydrogen-bond donors (Lipinski definition) is 0. The minimum atomic E-state index is -1.14. The maximum Gasteiger partial charge on any atom is 0.237 e. The first-order chi connectivity index (χ1) is 6.66. The van der Waals surface area contributed by atoms with Gasteiger partial charge in [-0.3, -0.25) is 0 Å². The molecule has 0 aliphatic heterocycles. The van der Waals surface area contributed by atoms with Crippen LogP contribution in [-0.2, 0) is 9.59 Å². The van der Waals surface area contributed by atoms with Crippen molar-refractivity contribution in [2.24, 2.45) is 15.9 Å². The molecule has 0 saturated heterocycles. The van der Waals surface area contributed by atoms with Gasteiger partial charge in [0.05, 0.1) is 0 Å². The summed E-state index contributed by atoms with van der Waals surface area (Å²) in [7, 11) is 0. The summed E-state index contributed by atoms with van der Waals surface area (Å²) in [5.74, 6) is -0.129. The minimum Gasteiger partial charge on any atom is -0.211 e. The Morgan fingerprint density at radius 2 is 1.93 bits per heavy atom.